The summed E-state index contributed by atoms with van der Waals surface area (Å²) in [5.74, 6) is -0.805. The number of benzene rings is 3. The second kappa shape index (κ2) is 13.9. The van der Waals surface area contributed by atoms with Gasteiger partial charge in [-0.1, -0.05) is 78.4 Å². The second-order valence-electron chi connectivity index (χ2n) is 10.9. The average Bonchev–Trinajstić information content (AvgIpc) is 2.96. The molecule has 0 bridgehead atoms. The van der Waals surface area contributed by atoms with E-state index in [9.17, 15) is 18.0 Å². The van der Waals surface area contributed by atoms with Crippen molar-refractivity contribution in [1.29, 1.82) is 0 Å². The number of carbonyl (C=O) groups is 2. The largest absolute Gasteiger partial charge is 0.352 e. The van der Waals surface area contributed by atoms with E-state index < -0.39 is 28.5 Å². The molecule has 1 fully saturated rings. The number of hydrogen-bond acceptors (Lipinski definition) is 4. The van der Waals surface area contributed by atoms with Gasteiger partial charge in [0, 0.05) is 22.6 Å². The van der Waals surface area contributed by atoms with Gasteiger partial charge in [-0.25, -0.2) is 8.42 Å². The Morgan fingerprint density at radius 1 is 0.952 bits per heavy atom. The van der Waals surface area contributed by atoms with Gasteiger partial charge >= 0.3 is 0 Å². The minimum Gasteiger partial charge on any atom is -0.352 e. The Labute approximate surface area is 258 Å². The Bertz CT molecular complexity index is 1520. The molecule has 42 heavy (non-hydrogen) atoms. The molecule has 3 aromatic rings. The molecule has 7 nitrogen and oxygen atoms in total. The molecular formula is C32H37Cl2N3O4S. The Kier molecular flexibility index (Phi) is 10.6. The summed E-state index contributed by atoms with van der Waals surface area (Å²) in [4.78, 5) is 29.1. The van der Waals surface area contributed by atoms with E-state index >= 15 is 0 Å². The Morgan fingerprint density at radius 2 is 1.62 bits per heavy atom. The van der Waals surface area contributed by atoms with Crippen molar-refractivity contribution in [2.75, 3.05) is 10.8 Å². The summed E-state index contributed by atoms with van der Waals surface area (Å²) < 4.78 is 29.2. The van der Waals surface area contributed by atoms with Crippen LogP contribution in [0.5, 0.6) is 0 Å². The van der Waals surface area contributed by atoms with Gasteiger partial charge in [-0.05, 0) is 81.1 Å². The smallest absolute Gasteiger partial charge is 0.264 e. The molecule has 3 aromatic carbocycles. The highest BCUT2D eigenvalue weighted by atomic mass is 35.5. The van der Waals surface area contributed by atoms with Crippen molar-refractivity contribution < 1.29 is 18.0 Å². The minimum absolute atomic E-state index is 0.0461. The van der Waals surface area contributed by atoms with E-state index in [-0.39, 0.29) is 23.4 Å². The maximum atomic E-state index is 14.2. The van der Waals surface area contributed by atoms with E-state index in [0.29, 0.717) is 21.3 Å². The third kappa shape index (κ3) is 7.65. The maximum absolute atomic E-state index is 14.2. The zero-order valence-corrected chi connectivity index (χ0v) is 26.5. The van der Waals surface area contributed by atoms with Crippen LogP contribution in [0.3, 0.4) is 0 Å². The van der Waals surface area contributed by atoms with Crippen molar-refractivity contribution in [2.24, 2.45) is 0 Å². The van der Waals surface area contributed by atoms with Gasteiger partial charge in [0.15, 0.2) is 0 Å². The summed E-state index contributed by atoms with van der Waals surface area (Å²) in [7, 11) is -4.18. The van der Waals surface area contributed by atoms with Crippen molar-refractivity contribution in [3.8, 4) is 0 Å². The fourth-order valence-corrected chi connectivity index (χ4v) is 7.05. The van der Waals surface area contributed by atoms with Crippen molar-refractivity contribution in [2.45, 2.75) is 76.4 Å². The van der Waals surface area contributed by atoms with Crippen LogP contribution in [0.15, 0.2) is 71.6 Å². The summed E-state index contributed by atoms with van der Waals surface area (Å²) in [6, 6.07) is 17.7. The van der Waals surface area contributed by atoms with Gasteiger partial charge in [-0.2, -0.15) is 0 Å². The normalized spacial score (nSPS) is 14.7. The van der Waals surface area contributed by atoms with Crippen molar-refractivity contribution in [3.05, 3.63) is 93.5 Å². The Morgan fingerprint density at radius 3 is 2.29 bits per heavy atom. The number of nitrogens with zero attached hydrogens (tertiary/aromatic N) is 2. The first-order valence-corrected chi connectivity index (χ1v) is 16.4. The number of carbonyl (C=O) groups excluding carboxylic acids is 2. The van der Waals surface area contributed by atoms with Crippen LogP contribution in [0.4, 0.5) is 5.69 Å². The predicted molar refractivity (Wildman–Crippen MR) is 168 cm³/mol. The van der Waals surface area contributed by atoms with Crippen LogP contribution in [0.2, 0.25) is 10.0 Å². The molecule has 0 spiro atoms. The number of anilines is 1. The lowest BCUT2D eigenvalue weighted by molar-refractivity contribution is -0.139. The molecule has 0 unspecified atom stereocenters. The summed E-state index contributed by atoms with van der Waals surface area (Å²) in [6.45, 7) is 4.80. The van der Waals surface area contributed by atoms with Gasteiger partial charge in [0.25, 0.3) is 10.0 Å². The van der Waals surface area contributed by atoms with Crippen molar-refractivity contribution in [1.82, 2.24) is 10.2 Å². The summed E-state index contributed by atoms with van der Waals surface area (Å²) >= 11 is 12.6. The van der Waals surface area contributed by atoms with Crippen LogP contribution < -0.4 is 9.62 Å². The van der Waals surface area contributed by atoms with Gasteiger partial charge < -0.3 is 10.2 Å². The molecule has 0 radical (unpaired) electrons. The maximum Gasteiger partial charge on any atom is 0.264 e. The fraction of sp³-hybridized carbons (Fsp3) is 0.375. The number of hydrogen-bond donors (Lipinski definition) is 1. The molecule has 1 saturated carbocycles. The molecule has 0 saturated heterocycles. The molecule has 0 heterocycles. The van der Waals surface area contributed by atoms with E-state index in [1.54, 1.807) is 62.4 Å². The van der Waals surface area contributed by atoms with E-state index in [2.05, 4.69) is 5.32 Å². The molecular weight excluding hydrogens is 593 g/mol. The molecule has 10 heteroatoms. The highest BCUT2D eigenvalue weighted by Crippen LogP contribution is 2.31. The molecule has 1 N–H and O–H groups in total. The van der Waals surface area contributed by atoms with Crippen molar-refractivity contribution in [3.63, 3.8) is 0 Å². The molecule has 4 rings (SSSR count). The predicted octanol–water partition coefficient (Wildman–Crippen LogP) is 6.67. The van der Waals surface area contributed by atoms with E-state index in [1.165, 1.54) is 17.0 Å². The first-order chi connectivity index (χ1) is 20.0. The lowest BCUT2D eigenvalue weighted by Gasteiger charge is -2.33. The number of amides is 2. The van der Waals surface area contributed by atoms with Gasteiger partial charge in [-0.15, -0.1) is 0 Å². The van der Waals surface area contributed by atoms with E-state index in [4.69, 9.17) is 23.2 Å². The lowest BCUT2D eigenvalue weighted by atomic mass is 9.95. The second-order valence-corrected chi connectivity index (χ2v) is 13.6. The Hall–Kier alpha value is -3.07. The molecule has 0 aliphatic heterocycles. The van der Waals surface area contributed by atoms with Crippen LogP contribution in [0.1, 0.15) is 55.7 Å². The minimum atomic E-state index is -4.18. The van der Waals surface area contributed by atoms with Crippen LogP contribution in [-0.2, 0) is 26.2 Å². The fourth-order valence-electron chi connectivity index (χ4n) is 5.20. The average molecular weight is 631 g/mol. The first kappa shape index (κ1) is 31.9. The highest BCUT2D eigenvalue weighted by molar-refractivity contribution is 7.92. The van der Waals surface area contributed by atoms with Crippen LogP contribution in [0, 0.1) is 13.8 Å². The molecule has 2 amide bonds. The van der Waals surface area contributed by atoms with Crippen LogP contribution in [0.25, 0.3) is 0 Å². The standard InChI is InChI=1S/C32H37Cl2N3O4S/c1-22-15-17-28(18-16-22)42(40,41)37(30-14-8-13-29(34)23(30)2)21-31(38)36(20-25-9-7-10-26(33)19-25)24(3)32(39)35-27-11-5-4-6-12-27/h7-10,13-19,24,27H,4-6,11-12,20-21H2,1-3H3,(H,35,39)/t24-/m1/s1. The highest BCUT2D eigenvalue weighted by Gasteiger charge is 2.34. The molecule has 1 atom stereocenters. The molecule has 0 aromatic heterocycles. The van der Waals surface area contributed by atoms with Gasteiger partial charge in [0.2, 0.25) is 11.8 Å². The molecule has 1 aliphatic carbocycles. The summed E-state index contributed by atoms with van der Waals surface area (Å²) in [6.07, 6.45) is 5.05. The van der Waals surface area contributed by atoms with Gasteiger partial charge in [0.1, 0.15) is 12.6 Å². The molecule has 224 valence electrons. The zero-order chi connectivity index (χ0) is 30.4. The number of halogens is 2. The quantitative estimate of drug-likeness (QED) is 0.271. The lowest BCUT2D eigenvalue weighted by Crippen LogP contribution is -2.53. The topological polar surface area (TPSA) is 86.8 Å². The SMILES string of the molecule is Cc1ccc(S(=O)(=O)N(CC(=O)N(Cc2cccc(Cl)c2)[C@H](C)C(=O)NC2CCCCC2)c2cccc(Cl)c2C)cc1. The monoisotopic (exact) mass is 629 g/mol. The van der Waals surface area contributed by atoms with Gasteiger partial charge in [-0.3, -0.25) is 13.9 Å². The zero-order valence-electron chi connectivity index (χ0n) is 24.1. The third-order valence-corrected chi connectivity index (χ3v) is 10.2. The summed E-state index contributed by atoms with van der Waals surface area (Å²) in [5, 5.41) is 3.98. The Balaban J connectivity index is 1.71. The van der Waals surface area contributed by atoms with Crippen molar-refractivity contribution >= 4 is 50.7 Å². The van der Waals surface area contributed by atoms with Gasteiger partial charge in [0.05, 0.1) is 10.6 Å². The number of rotatable bonds is 10. The number of aryl methyl sites for hydroxylation is 1. The van der Waals surface area contributed by atoms with E-state index in [1.807, 2.05) is 13.0 Å². The molecule has 1 aliphatic rings. The third-order valence-electron chi connectivity index (χ3n) is 7.76. The van der Waals surface area contributed by atoms with E-state index in [0.717, 1.165) is 47.5 Å². The summed E-state index contributed by atoms with van der Waals surface area (Å²) in [5.41, 5.74) is 2.44. The number of sulfonamides is 1. The first-order valence-electron chi connectivity index (χ1n) is 14.2. The van der Waals surface area contributed by atoms with Crippen LogP contribution in [-0.4, -0.2) is 43.8 Å². The number of nitrogens with one attached hydrogen (secondary N) is 1. The van der Waals surface area contributed by atoms with Crippen LogP contribution >= 0.6 is 23.2 Å².